The van der Waals surface area contributed by atoms with Crippen LogP contribution in [0.4, 0.5) is 13.2 Å². The molecule has 1 unspecified atom stereocenters. The normalized spacial score (nSPS) is 13.0. The van der Waals surface area contributed by atoms with Crippen LogP contribution in [0.5, 0.6) is 5.75 Å². The Morgan fingerprint density at radius 1 is 1.00 bits per heavy atom. The quantitative estimate of drug-likeness (QED) is 0.798. The van der Waals surface area contributed by atoms with Gasteiger partial charge in [0.15, 0.2) is 4.90 Å². The van der Waals surface area contributed by atoms with E-state index < -0.39 is 22.9 Å². The molecule has 0 heterocycles. The number of hydrogen-bond donors (Lipinski definition) is 0. The van der Waals surface area contributed by atoms with Gasteiger partial charge in [-0.2, -0.15) is 13.2 Å². The van der Waals surface area contributed by atoms with Crippen molar-refractivity contribution < 1.29 is 22.5 Å². The first-order valence-electron chi connectivity index (χ1n) is 6.09. The molecule has 1 atom stereocenters. The van der Waals surface area contributed by atoms with Gasteiger partial charge >= 0.3 is 6.18 Å². The van der Waals surface area contributed by atoms with Crippen molar-refractivity contribution in [3.05, 3.63) is 59.7 Å². The molecule has 112 valence electrons. The highest BCUT2D eigenvalue weighted by molar-refractivity contribution is 7.90. The van der Waals surface area contributed by atoms with Gasteiger partial charge in [0.25, 0.3) is 0 Å². The Morgan fingerprint density at radius 3 is 2.05 bits per heavy atom. The van der Waals surface area contributed by atoms with Gasteiger partial charge in [-0.25, -0.2) is 0 Å². The maximum absolute atomic E-state index is 12.4. The van der Waals surface area contributed by atoms with Gasteiger partial charge in [-0.3, -0.25) is 0 Å². The molecule has 2 nitrogen and oxygen atoms in total. The predicted octanol–water partition coefficient (Wildman–Crippen LogP) is 4.02. The van der Waals surface area contributed by atoms with Crippen LogP contribution < -0.4 is 4.74 Å². The summed E-state index contributed by atoms with van der Waals surface area (Å²) in [5.41, 5.74) is -0.112. The minimum atomic E-state index is -4.35. The minimum Gasteiger partial charge on any atom is -0.611 e. The molecule has 0 aliphatic heterocycles. The molecule has 2 aromatic carbocycles. The van der Waals surface area contributed by atoms with Crippen molar-refractivity contribution in [2.75, 3.05) is 7.11 Å². The average molecular weight is 314 g/mol. The van der Waals surface area contributed by atoms with E-state index in [1.54, 1.807) is 24.3 Å². The van der Waals surface area contributed by atoms with Gasteiger partial charge in [-0.1, -0.05) is 12.1 Å². The summed E-state index contributed by atoms with van der Waals surface area (Å²) in [7, 11) is 1.54. The first-order valence-corrected chi connectivity index (χ1v) is 7.40. The highest BCUT2D eigenvalue weighted by Gasteiger charge is 2.30. The molecule has 0 saturated carbocycles. The Balaban J connectivity index is 2.06. The fourth-order valence-corrected chi connectivity index (χ4v) is 2.85. The highest BCUT2D eigenvalue weighted by Crippen LogP contribution is 2.29. The fraction of sp³-hybridized carbons (Fsp3) is 0.200. The number of halogens is 3. The van der Waals surface area contributed by atoms with E-state index in [4.69, 9.17) is 4.74 Å². The molecule has 0 bridgehead atoms. The molecular weight excluding hydrogens is 301 g/mol. The third-order valence-electron chi connectivity index (χ3n) is 2.90. The smallest absolute Gasteiger partial charge is 0.416 e. The van der Waals surface area contributed by atoms with Crippen molar-refractivity contribution in [1.82, 2.24) is 0 Å². The van der Waals surface area contributed by atoms with Crippen LogP contribution in [0.2, 0.25) is 0 Å². The Hall–Kier alpha value is -1.66. The summed E-state index contributed by atoms with van der Waals surface area (Å²) in [5, 5.41) is 0. The lowest BCUT2D eigenvalue weighted by Gasteiger charge is -2.12. The van der Waals surface area contributed by atoms with Crippen LogP contribution in [0.15, 0.2) is 53.4 Å². The van der Waals surface area contributed by atoms with Gasteiger partial charge in [-0.15, -0.1) is 0 Å². The zero-order chi connectivity index (χ0) is 15.5. The maximum Gasteiger partial charge on any atom is 0.416 e. The maximum atomic E-state index is 12.4. The first kappa shape index (κ1) is 15.7. The van der Waals surface area contributed by atoms with Crippen LogP contribution in [0.25, 0.3) is 0 Å². The summed E-state index contributed by atoms with van der Waals surface area (Å²) in [4.78, 5) is 0.607. The third-order valence-corrected chi connectivity index (χ3v) is 4.29. The molecule has 0 aliphatic rings. The topological polar surface area (TPSA) is 32.3 Å². The summed E-state index contributed by atoms with van der Waals surface area (Å²) in [5.74, 6) is 0.829. The van der Waals surface area contributed by atoms with E-state index in [0.717, 1.165) is 12.1 Å². The van der Waals surface area contributed by atoms with Crippen LogP contribution in [0.1, 0.15) is 11.1 Å². The van der Waals surface area contributed by atoms with Crippen molar-refractivity contribution >= 4 is 11.2 Å². The van der Waals surface area contributed by atoms with Crippen molar-refractivity contribution in [1.29, 1.82) is 0 Å². The molecule has 0 saturated heterocycles. The number of alkyl halides is 3. The second-order valence-electron chi connectivity index (χ2n) is 4.36. The Kier molecular flexibility index (Phi) is 4.80. The monoisotopic (exact) mass is 314 g/mol. The molecule has 0 amide bonds. The third kappa shape index (κ3) is 4.15. The number of ether oxygens (including phenoxy) is 1. The Bertz CT molecular complexity index is 579. The summed E-state index contributed by atoms with van der Waals surface area (Å²) in [6.45, 7) is 0. The van der Waals surface area contributed by atoms with Crippen molar-refractivity contribution in [3.8, 4) is 5.75 Å². The molecule has 0 aromatic heterocycles. The zero-order valence-electron chi connectivity index (χ0n) is 11.2. The van der Waals surface area contributed by atoms with E-state index in [9.17, 15) is 17.7 Å². The van der Waals surface area contributed by atoms with Gasteiger partial charge in [-0.05, 0) is 47.6 Å². The fourth-order valence-electron chi connectivity index (χ4n) is 1.75. The molecule has 6 heteroatoms. The van der Waals surface area contributed by atoms with Gasteiger partial charge in [0.2, 0.25) is 0 Å². The SMILES string of the molecule is COc1ccc([S+]([O-])Cc2ccc(C(F)(F)F)cc2)cc1. The summed E-state index contributed by atoms with van der Waals surface area (Å²) >= 11 is -1.31. The van der Waals surface area contributed by atoms with Crippen LogP contribution in [0, 0.1) is 0 Å². The largest absolute Gasteiger partial charge is 0.611 e. The first-order chi connectivity index (χ1) is 9.90. The molecular formula is C15H13F3O2S. The molecule has 0 radical (unpaired) electrons. The lowest BCUT2D eigenvalue weighted by molar-refractivity contribution is -0.137. The molecule has 21 heavy (non-hydrogen) atoms. The molecule has 2 rings (SSSR count). The molecule has 0 aliphatic carbocycles. The van der Waals surface area contributed by atoms with Gasteiger partial charge in [0.1, 0.15) is 11.5 Å². The van der Waals surface area contributed by atoms with Crippen molar-refractivity contribution in [2.24, 2.45) is 0 Å². The standard InChI is InChI=1S/C15H13F3O2S/c1-20-13-6-8-14(9-7-13)21(19)10-11-2-4-12(5-3-11)15(16,17)18/h2-9H,10H2,1H3. The van der Waals surface area contributed by atoms with Crippen LogP contribution >= 0.6 is 0 Å². The zero-order valence-corrected chi connectivity index (χ0v) is 12.0. The Morgan fingerprint density at radius 2 is 1.57 bits per heavy atom. The summed E-state index contributed by atoms with van der Waals surface area (Å²) in [6, 6.07) is 11.5. The average Bonchev–Trinajstić information content (AvgIpc) is 2.47. The Labute approximate surface area is 123 Å². The molecule has 2 aromatic rings. The number of methoxy groups -OCH3 is 1. The van der Waals surface area contributed by atoms with E-state index in [2.05, 4.69) is 0 Å². The van der Waals surface area contributed by atoms with Gasteiger partial charge < -0.3 is 9.29 Å². The lowest BCUT2D eigenvalue weighted by Crippen LogP contribution is -2.07. The van der Waals surface area contributed by atoms with Crippen LogP contribution in [0.3, 0.4) is 0 Å². The highest BCUT2D eigenvalue weighted by atomic mass is 32.2. The number of hydrogen-bond acceptors (Lipinski definition) is 2. The summed E-state index contributed by atoms with van der Waals surface area (Å²) in [6.07, 6.45) is -4.35. The summed E-state index contributed by atoms with van der Waals surface area (Å²) < 4.78 is 54.5. The van der Waals surface area contributed by atoms with E-state index in [1.165, 1.54) is 19.2 Å². The predicted molar refractivity (Wildman–Crippen MR) is 74.6 cm³/mol. The van der Waals surface area contributed by atoms with Crippen molar-refractivity contribution in [2.45, 2.75) is 16.8 Å². The number of rotatable bonds is 4. The lowest BCUT2D eigenvalue weighted by atomic mass is 10.1. The van der Waals surface area contributed by atoms with Gasteiger partial charge in [0, 0.05) is 5.56 Å². The minimum absolute atomic E-state index is 0.171. The number of benzene rings is 2. The van der Waals surface area contributed by atoms with E-state index in [1.807, 2.05) is 0 Å². The molecule has 0 fully saturated rings. The van der Waals surface area contributed by atoms with E-state index >= 15 is 0 Å². The van der Waals surface area contributed by atoms with Gasteiger partial charge in [0.05, 0.1) is 12.7 Å². The van der Waals surface area contributed by atoms with Crippen LogP contribution in [-0.4, -0.2) is 11.7 Å². The van der Waals surface area contributed by atoms with Crippen molar-refractivity contribution in [3.63, 3.8) is 0 Å². The molecule has 0 N–H and O–H groups in total. The second kappa shape index (κ2) is 6.41. The second-order valence-corrected chi connectivity index (χ2v) is 5.81. The van der Waals surface area contributed by atoms with E-state index in [0.29, 0.717) is 16.2 Å². The van der Waals surface area contributed by atoms with E-state index in [-0.39, 0.29) is 5.75 Å². The van der Waals surface area contributed by atoms with Crippen LogP contribution in [-0.2, 0) is 23.1 Å². The molecule has 0 spiro atoms.